The Hall–Kier alpha value is -1.38. The first kappa shape index (κ1) is 14.6. The average Bonchev–Trinajstić information content (AvgIpc) is 3.03. The molecule has 1 saturated heterocycles. The number of hydrogen-bond acceptors (Lipinski definition) is 2. The number of para-hydroxylation sites is 2. The van der Waals surface area contributed by atoms with E-state index in [1.807, 2.05) is 18.2 Å². The zero-order chi connectivity index (χ0) is 14.7. The Morgan fingerprint density at radius 1 is 0.952 bits per heavy atom. The van der Waals surface area contributed by atoms with E-state index in [1.165, 1.54) is 18.5 Å². The zero-order valence-corrected chi connectivity index (χ0v) is 13.3. The lowest BCUT2D eigenvalue weighted by molar-refractivity contribution is 0.949. The van der Waals surface area contributed by atoms with Gasteiger partial charge in [-0.25, -0.2) is 0 Å². The van der Waals surface area contributed by atoms with Crippen LogP contribution < -0.4 is 10.2 Å². The van der Waals surface area contributed by atoms with E-state index < -0.39 is 0 Å². The highest BCUT2D eigenvalue weighted by molar-refractivity contribution is 6.42. The minimum Gasteiger partial charge on any atom is -0.379 e. The van der Waals surface area contributed by atoms with Gasteiger partial charge in [0.05, 0.1) is 21.4 Å². The van der Waals surface area contributed by atoms with Crippen molar-refractivity contribution in [1.82, 2.24) is 0 Å². The van der Waals surface area contributed by atoms with Gasteiger partial charge >= 0.3 is 0 Å². The predicted molar refractivity (Wildman–Crippen MR) is 91.7 cm³/mol. The minimum atomic E-state index is 0.601. The molecule has 0 aliphatic carbocycles. The summed E-state index contributed by atoms with van der Waals surface area (Å²) in [6, 6.07) is 14.2. The van der Waals surface area contributed by atoms with E-state index in [-0.39, 0.29) is 0 Å². The normalized spacial score (nSPS) is 14.5. The summed E-state index contributed by atoms with van der Waals surface area (Å²) in [6.45, 7) is 2.94. The van der Waals surface area contributed by atoms with Crippen molar-refractivity contribution in [2.45, 2.75) is 19.4 Å². The smallest absolute Gasteiger partial charge is 0.0642 e. The molecule has 0 atom stereocenters. The largest absolute Gasteiger partial charge is 0.379 e. The van der Waals surface area contributed by atoms with Crippen molar-refractivity contribution >= 4 is 34.6 Å². The van der Waals surface area contributed by atoms with Crippen molar-refractivity contribution < 1.29 is 0 Å². The molecule has 0 spiro atoms. The van der Waals surface area contributed by atoms with E-state index >= 15 is 0 Å². The fourth-order valence-electron chi connectivity index (χ4n) is 2.73. The van der Waals surface area contributed by atoms with Crippen LogP contribution in [-0.2, 0) is 6.54 Å². The Bertz CT molecular complexity index is 622. The molecule has 0 unspecified atom stereocenters. The molecule has 1 N–H and O–H groups in total. The number of nitrogens with zero attached hydrogens (tertiary/aromatic N) is 1. The maximum atomic E-state index is 6.24. The molecule has 4 heteroatoms. The van der Waals surface area contributed by atoms with E-state index in [0.29, 0.717) is 16.6 Å². The van der Waals surface area contributed by atoms with Gasteiger partial charge in [0.15, 0.2) is 0 Å². The molecule has 0 aromatic heterocycles. The minimum absolute atomic E-state index is 0.601. The molecule has 1 aliphatic heterocycles. The topological polar surface area (TPSA) is 15.3 Å². The maximum Gasteiger partial charge on any atom is 0.0642 e. The van der Waals surface area contributed by atoms with Crippen molar-refractivity contribution in [3.8, 4) is 0 Å². The fourth-order valence-corrected chi connectivity index (χ4v) is 3.12. The second kappa shape index (κ2) is 6.59. The van der Waals surface area contributed by atoms with Crippen molar-refractivity contribution in [2.24, 2.45) is 0 Å². The lowest BCUT2D eigenvalue weighted by Gasteiger charge is -2.22. The van der Waals surface area contributed by atoms with Gasteiger partial charge in [0.25, 0.3) is 0 Å². The van der Waals surface area contributed by atoms with Crippen LogP contribution in [-0.4, -0.2) is 13.1 Å². The van der Waals surface area contributed by atoms with Crippen LogP contribution in [0.3, 0.4) is 0 Å². The van der Waals surface area contributed by atoms with E-state index in [1.54, 1.807) is 0 Å². The maximum absolute atomic E-state index is 6.24. The third-order valence-corrected chi connectivity index (χ3v) is 4.71. The first-order valence-electron chi connectivity index (χ1n) is 7.26. The summed E-state index contributed by atoms with van der Waals surface area (Å²) in [5, 5.41) is 4.72. The lowest BCUT2D eigenvalue weighted by atomic mass is 10.2. The van der Waals surface area contributed by atoms with Crippen LogP contribution in [0.5, 0.6) is 0 Å². The number of rotatable bonds is 4. The highest BCUT2D eigenvalue weighted by Gasteiger charge is 2.15. The number of anilines is 2. The Morgan fingerprint density at radius 2 is 1.71 bits per heavy atom. The molecule has 1 aliphatic rings. The number of nitrogens with one attached hydrogen (secondary N) is 1. The summed E-state index contributed by atoms with van der Waals surface area (Å²) < 4.78 is 0. The Kier molecular flexibility index (Phi) is 4.57. The predicted octanol–water partition coefficient (Wildman–Crippen LogP) is 5.21. The summed E-state index contributed by atoms with van der Waals surface area (Å²) >= 11 is 12.3. The highest BCUT2D eigenvalue weighted by Crippen LogP contribution is 2.30. The van der Waals surface area contributed by atoms with Gasteiger partial charge in [-0.05, 0) is 36.6 Å². The molecule has 21 heavy (non-hydrogen) atoms. The SMILES string of the molecule is Clc1cccc(CNc2ccccc2N2CCCC2)c1Cl. The molecule has 0 amide bonds. The van der Waals surface area contributed by atoms with Gasteiger partial charge in [-0.1, -0.05) is 47.5 Å². The second-order valence-corrected chi connectivity index (χ2v) is 6.06. The molecule has 2 aromatic rings. The Morgan fingerprint density at radius 3 is 2.52 bits per heavy atom. The molecule has 110 valence electrons. The molecule has 2 nitrogen and oxygen atoms in total. The third kappa shape index (κ3) is 3.28. The monoisotopic (exact) mass is 320 g/mol. The van der Waals surface area contributed by atoms with Crippen LogP contribution >= 0.6 is 23.2 Å². The molecule has 0 saturated carbocycles. The average molecular weight is 321 g/mol. The molecule has 3 rings (SSSR count). The lowest BCUT2D eigenvalue weighted by Crippen LogP contribution is -2.19. The number of halogens is 2. The third-order valence-electron chi connectivity index (χ3n) is 3.85. The van der Waals surface area contributed by atoms with Crippen molar-refractivity contribution in [3.63, 3.8) is 0 Å². The fraction of sp³-hybridized carbons (Fsp3) is 0.294. The van der Waals surface area contributed by atoms with Gasteiger partial charge in [0, 0.05) is 19.6 Å². The van der Waals surface area contributed by atoms with Gasteiger partial charge in [-0.15, -0.1) is 0 Å². The summed E-state index contributed by atoms with van der Waals surface area (Å²) in [6.07, 6.45) is 2.54. The molecule has 1 heterocycles. The van der Waals surface area contributed by atoms with Gasteiger partial charge in [-0.3, -0.25) is 0 Å². The summed E-state index contributed by atoms with van der Waals surface area (Å²) in [5.74, 6) is 0. The number of benzene rings is 2. The van der Waals surface area contributed by atoms with Crippen LogP contribution in [0, 0.1) is 0 Å². The van der Waals surface area contributed by atoms with Gasteiger partial charge in [0.2, 0.25) is 0 Å². The quantitative estimate of drug-likeness (QED) is 0.832. The van der Waals surface area contributed by atoms with Crippen molar-refractivity contribution in [2.75, 3.05) is 23.3 Å². The summed E-state index contributed by atoms with van der Waals surface area (Å²) in [7, 11) is 0. The van der Waals surface area contributed by atoms with E-state index in [9.17, 15) is 0 Å². The first-order chi connectivity index (χ1) is 10.3. The summed E-state index contributed by atoms with van der Waals surface area (Å²) in [5.41, 5.74) is 3.43. The first-order valence-corrected chi connectivity index (χ1v) is 8.02. The van der Waals surface area contributed by atoms with Crippen LogP contribution in [0.15, 0.2) is 42.5 Å². The molecule has 0 radical (unpaired) electrons. The molecule has 2 aromatic carbocycles. The van der Waals surface area contributed by atoms with Crippen LogP contribution in [0.2, 0.25) is 10.0 Å². The molecule has 0 bridgehead atoms. The van der Waals surface area contributed by atoms with E-state index in [4.69, 9.17) is 23.2 Å². The van der Waals surface area contributed by atoms with Gasteiger partial charge in [0.1, 0.15) is 0 Å². The van der Waals surface area contributed by atoms with Gasteiger partial charge < -0.3 is 10.2 Å². The van der Waals surface area contributed by atoms with E-state index in [0.717, 1.165) is 24.3 Å². The Balaban J connectivity index is 1.77. The van der Waals surface area contributed by atoms with Crippen LogP contribution in [0.4, 0.5) is 11.4 Å². The highest BCUT2D eigenvalue weighted by atomic mass is 35.5. The zero-order valence-electron chi connectivity index (χ0n) is 11.8. The Labute approximate surface area is 135 Å². The molecular formula is C17H18Cl2N2. The number of hydrogen-bond donors (Lipinski definition) is 1. The summed E-state index contributed by atoms with van der Waals surface area (Å²) in [4.78, 5) is 2.43. The van der Waals surface area contributed by atoms with Crippen LogP contribution in [0.25, 0.3) is 0 Å². The second-order valence-electron chi connectivity index (χ2n) is 5.28. The van der Waals surface area contributed by atoms with Crippen molar-refractivity contribution in [1.29, 1.82) is 0 Å². The molecular weight excluding hydrogens is 303 g/mol. The van der Waals surface area contributed by atoms with Crippen LogP contribution in [0.1, 0.15) is 18.4 Å². The molecule has 1 fully saturated rings. The standard InChI is InChI=1S/C17H18Cl2N2/c18-14-7-5-6-13(17(14)19)12-20-15-8-1-2-9-16(15)21-10-3-4-11-21/h1-2,5-9,20H,3-4,10-12H2. The van der Waals surface area contributed by atoms with Crippen molar-refractivity contribution in [3.05, 3.63) is 58.1 Å². The van der Waals surface area contributed by atoms with Gasteiger partial charge in [-0.2, -0.15) is 0 Å². The van der Waals surface area contributed by atoms with E-state index in [2.05, 4.69) is 34.5 Å².